The summed E-state index contributed by atoms with van der Waals surface area (Å²) < 4.78 is 0.779. The van der Waals surface area contributed by atoms with Crippen molar-refractivity contribution in [2.24, 2.45) is 0 Å². The summed E-state index contributed by atoms with van der Waals surface area (Å²) in [6.45, 7) is 0. The van der Waals surface area contributed by atoms with Crippen LogP contribution >= 0.6 is 0 Å². The van der Waals surface area contributed by atoms with Gasteiger partial charge in [0.25, 0.3) is 0 Å². The molecule has 3 heteroatoms. The average Bonchev–Trinajstić information content (AvgIpc) is 2.04. The molecule has 0 aliphatic rings. The number of quaternary nitrogens is 1. The van der Waals surface area contributed by atoms with Crippen LogP contribution in [0, 0.1) is 0 Å². The second-order valence-electron chi connectivity index (χ2n) is 3.82. The largest absolute Gasteiger partial charge is 0.329 e. The quantitative estimate of drug-likeness (QED) is 0.552. The summed E-state index contributed by atoms with van der Waals surface area (Å²) in [5, 5.41) is 2.60. The Morgan fingerprint density at radius 1 is 1.15 bits per heavy atom. The zero-order valence-corrected chi connectivity index (χ0v) is 8.24. The molecule has 0 saturated carbocycles. The second kappa shape index (κ2) is 3.58. The van der Waals surface area contributed by atoms with E-state index in [1.54, 1.807) is 0 Å². The first kappa shape index (κ1) is 9.74. The molecule has 70 valence electrons. The van der Waals surface area contributed by atoms with Gasteiger partial charge in [-0.15, -0.1) is 0 Å². The van der Waals surface area contributed by atoms with E-state index in [0.717, 1.165) is 10.2 Å². The fraction of sp³-hybridized carbons (Fsp3) is 0.300. The number of hydrogen-bond donors (Lipinski definition) is 1. The fourth-order valence-electron chi connectivity index (χ4n) is 1.07. The molecule has 0 bridgehead atoms. The zero-order valence-electron chi connectivity index (χ0n) is 8.24. The third kappa shape index (κ3) is 2.56. The van der Waals surface area contributed by atoms with Gasteiger partial charge in [-0.05, 0) is 12.1 Å². The van der Waals surface area contributed by atoms with Gasteiger partial charge >= 0.3 is 0 Å². The van der Waals surface area contributed by atoms with Gasteiger partial charge in [0, 0.05) is 17.8 Å². The minimum absolute atomic E-state index is 0.682. The first-order valence-electron chi connectivity index (χ1n) is 4.16. The Balaban J connectivity index is 2.87. The molecule has 0 heterocycles. The standard InChI is InChI=1S/C10H14N2O/c1-12(2,3)10-6-4-9(5-7-10)11-8-13/h4-8H,1-3H3/p+1. The number of anilines is 1. The van der Waals surface area contributed by atoms with Crippen molar-refractivity contribution in [1.82, 2.24) is 4.48 Å². The van der Waals surface area contributed by atoms with Crippen LogP contribution in [-0.2, 0) is 4.79 Å². The summed E-state index contributed by atoms with van der Waals surface area (Å²) in [7, 11) is 6.30. The van der Waals surface area contributed by atoms with Crippen LogP contribution < -0.4 is 9.80 Å². The van der Waals surface area contributed by atoms with Crippen molar-refractivity contribution in [2.75, 3.05) is 26.5 Å². The molecule has 0 saturated heterocycles. The molecular weight excluding hydrogens is 164 g/mol. The van der Waals surface area contributed by atoms with Crippen molar-refractivity contribution in [2.45, 2.75) is 0 Å². The molecule has 1 N–H and O–H groups in total. The molecule has 0 atom stereocenters. The van der Waals surface area contributed by atoms with Gasteiger partial charge < -0.3 is 5.32 Å². The SMILES string of the molecule is C[N+](C)(C)c1ccc(NC=O)cc1. The molecule has 0 aliphatic heterocycles. The van der Waals surface area contributed by atoms with Crippen LogP contribution in [0.1, 0.15) is 0 Å². The monoisotopic (exact) mass is 179 g/mol. The minimum atomic E-state index is 0.682. The Kier molecular flexibility index (Phi) is 2.68. The van der Waals surface area contributed by atoms with Gasteiger partial charge in [0.2, 0.25) is 6.41 Å². The number of rotatable bonds is 3. The molecule has 13 heavy (non-hydrogen) atoms. The van der Waals surface area contributed by atoms with Gasteiger partial charge in [-0.25, -0.2) is 0 Å². The number of hydrogen-bond acceptors (Lipinski definition) is 1. The highest BCUT2D eigenvalue weighted by Gasteiger charge is 2.10. The highest BCUT2D eigenvalue weighted by molar-refractivity contribution is 5.71. The van der Waals surface area contributed by atoms with Gasteiger partial charge in [-0.1, -0.05) is 0 Å². The first-order valence-corrected chi connectivity index (χ1v) is 4.16. The molecule has 1 amide bonds. The lowest BCUT2D eigenvalue weighted by Crippen LogP contribution is -2.34. The van der Waals surface area contributed by atoms with E-state index in [4.69, 9.17) is 0 Å². The summed E-state index contributed by atoms with van der Waals surface area (Å²) in [5.41, 5.74) is 2.03. The summed E-state index contributed by atoms with van der Waals surface area (Å²) in [5.74, 6) is 0. The van der Waals surface area contributed by atoms with Crippen molar-refractivity contribution in [3.8, 4) is 0 Å². The number of benzene rings is 1. The van der Waals surface area contributed by atoms with Crippen molar-refractivity contribution in [3.63, 3.8) is 0 Å². The Bertz CT molecular complexity index is 285. The van der Waals surface area contributed by atoms with E-state index in [2.05, 4.69) is 26.5 Å². The summed E-state index contributed by atoms with van der Waals surface area (Å²) in [6, 6.07) is 7.80. The van der Waals surface area contributed by atoms with Crippen LogP contribution in [0.5, 0.6) is 0 Å². The zero-order chi connectivity index (χ0) is 9.90. The molecule has 1 aromatic carbocycles. The molecule has 0 radical (unpaired) electrons. The van der Waals surface area contributed by atoms with E-state index in [1.807, 2.05) is 24.3 Å². The van der Waals surface area contributed by atoms with E-state index in [0.29, 0.717) is 6.41 Å². The maximum Gasteiger partial charge on any atom is 0.211 e. The molecule has 0 fully saturated rings. The van der Waals surface area contributed by atoms with Crippen molar-refractivity contribution in [1.29, 1.82) is 0 Å². The van der Waals surface area contributed by atoms with Gasteiger partial charge in [0.1, 0.15) is 5.69 Å². The van der Waals surface area contributed by atoms with E-state index >= 15 is 0 Å². The Morgan fingerprint density at radius 2 is 1.69 bits per heavy atom. The Labute approximate surface area is 78.6 Å². The lowest BCUT2D eigenvalue weighted by molar-refractivity contribution is -0.105. The highest BCUT2D eigenvalue weighted by Crippen LogP contribution is 2.18. The van der Waals surface area contributed by atoms with E-state index in [-0.39, 0.29) is 0 Å². The Morgan fingerprint density at radius 3 is 2.08 bits per heavy atom. The van der Waals surface area contributed by atoms with Crippen LogP contribution in [0.2, 0.25) is 0 Å². The highest BCUT2D eigenvalue weighted by atomic mass is 16.1. The smallest absolute Gasteiger partial charge is 0.211 e. The van der Waals surface area contributed by atoms with Crippen LogP contribution in [0.3, 0.4) is 0 Å². The van der Waals surface area contributed by atoms with Crippen LogP contribution in [0.15, 0.2) is 24.3 Å². The number of carbonyl (C=O) groups excluding carboxylic acids is 1. The number of amides is 1. The third-order valence-corrected chi connectivity index (χ3v) is 1.87. The fourth-order valence-corrected chi connectivity index (χ4v) is 1.07. The predicted molar refractivity (Wildman–Crippen MR) is 55.7 cm³/mol. The van der Waals surface area contributed by atoms with Gasteiger partial charge in [0.05, 0.1) is 21.1 Å². The molecule has 1 rings (SSSR count). The molecule has 3 nitrogen and oxygen atoms in total. The Hall–Kier alpha value is -1.35. The lowest BCUT2D eigenvalue weighted by Gasteiger charge is -2.23. The van der Waals surface area contributed by atoms with Crippen LogP contribution in [0.25, 0.3) is 0 Å². The van der Waals surface area contributed by atoms with Crippen molar-refractivity contribution < 1.29 is 4.79 Å². The number of carbonyl (C=O) groups is 1. The summed E-state index contributed by atoms with van der Waals surface area (Å²) in [6.07, 6.45) is 0.682. The van der Waals surface area contributed by atoms with Crippen LogP contribution in [0.4, 0.5) is 11.4 Å². The van der Waals surface area contributed by atoms with E-state index in [9.17, 15) is 4.79 Å². The van der Waals surface area contributed by atoms with Gasteiger partial charge in [0.15, 0.2) is 0 Å². The predicted octanol–water partition coefficient (Wildman–Crippen LogP) is 1.45. The van der Waals surface area contributed by atoms with Crippen molar-refractivity contribution in [3.05, 3.63) is 24.3 Å². The normalized spacial score (nSPS) is 11.0. The first-order chi connectivity index (χ1) is 6.04. The third-order valence-electron chi connectivity index (χ3n) is 1.87. The number of nitrogens with one attached hydrogen (secondary N) is 1. The lowest BCUT2D eigenvalue weighted by atomic mass is 10.2. The van der Waals surface area contributed by atoms with E-state index < -0.39 is 0 Å². The molecule has 0 unspecified atom stereocenters. The topological polar surface area (TPSA) is 29.1 Å². The molecule has 0 aliphatic carbocycles. The molecule has 0 spiro atoms. The summed E-state index contributed by atoms with van der Waals surface area (Å²) >= 11 is 0. The van der Waals surface area contributed by atoms with Gasteiger partial charge in [-0.3, -0.25) is 9.28 Å². The number of nitrogens with zero attached hydrogens (tertiary/aromatic N) is 1. The summed E-state index contributed by atoms with van der Waals surface area (Å²) in [4.78, 5) is 10.1. The molecular formula is C10H15N2O+. The average molecular weight is 179 g/mol. The van der Waals surface area contributed by atoms with Crippen molar-refractivity contribution >= 4 is 17.8 Å². The maximum atomic E-state index is 10.1. The van der Waals surface area contributed by atoms with Crippen LogP contribution in [-0.4, -0.2) is 27.6 Å². The second-order valence-corrected chi connectivity index (χ2v) is 3.82. The molecule has 1 aromatic rings. The molecule has 0 aromatic heterocycles. The van der Waals surface area contributed by atoms with E-state index in [1.165, 1.54) is 5.69 Å². The minimum Gasteiger partial charge on any atom is -0.329 e. The maximum absolute atomic E-state index is 10.1. The van der Waals surface area contributed by atoms with Gasteiger partial charge in [-0.2, -0.15) is 0 Å².